The minimum atomic E-state index is 0.728. The third-order valence-corrected chi connectivity index (χ3v) is 10.3. The van der Waals surface area contributed by atoms with Crippen molar-refractivity contribution < 1.29 is 0 Å². The van der Waals surface area contributed by atoms with E-state index in [0.29, 0.717) is 0 Å². The van der Waals surface area contributed by atoms with E-state index in [1.54, 1.807) is 0 Å². The van der Waals surface area contributed by atoms with Gasteiger partial charge in [-0.05, 0) is 70.1 Å². The van der Waals surface area contributed by atoms with Crippen LogP contribution in [0.2, 0.25) is 0 Å². The van der Waals surface area contributed by atoms with Crippen LogP contribution in [0.1, 0.15) is 5.56 Å². The molecule has 0 saturated carbocycles. The number of benzene rings is 8. The first kappa shape index (κ1) is 29.2. The third kappa shape index (κ3) is 4.61. The Labute approximate surface area is 296 Å². The lowest BCUT2D eigenvalue weighted by Gasteiger charge is -2.35. The predicted octanol–water partition coefficient (Wildman–Crippen LogP) is 12.3. The van der Waals surface area contributed by atoms with Crippen molar-refractivity contribution in [3.05, 3.63) is 175 Å². The van der Waals surface area contributed by atoms with Gasteiger partial charge in [-0.2, -0.15) is 0 Å². The van der Waals surface area contributed by atoms with E-state index >= 15 is 0 Å². The summed E-state index contributed by atoms with van der Waals surface area (Å²) in [6.07, 6.45) is 0. The molecule has 9 aromatic rings. The number of nitrogens with zero attached hydrogens (tertiary/aromatic N) is 4. The summed E-state index contributed by atoms with van der Waals surface area (Å²) in [5, 5.41) is 4.67. The van der Waals surface area contributed by atoms with E-state index in [9.17, 15) is 0 Å². The molecular formula is C47H32N4. The van der Waals surface area contributed by atoms with Crippen molar-refractivity contribution in [3.8, 4) is 39.3 Å². The minimum Gasteiger partial charge on any atom is -0.334 e. The highest BCUT2D eigenvalue weighted by molar-refractivity contribution is 6.20. The molecule has 0 fully saturated rings. The van der Waals surface area contributed by atoms with Gasteiger partial charge < -0.3 is 4.90 Å². The highest BCUT2D eigenvalue weighted by Crippen LogP contribution is 2.51. The number of imidazole rings is 1. The van der Waals surface area contributed by atoms with Crippen LogP contribution in [-0.2, 0) is 6.54 Å². The lowest BCUT2D eigenvalue weighted by molar-refractivity contribution is 0.967. The van der Waals surface area contributed by atoms with Crippen LogP contribution < -0.4 is 4.90 Å². The van der Waals surface area contributed by atoms with Gasteiger partial charge >= 0.3 is 0 Å². The second-order valence-corrected chi connectivity index (χ2v) is 13.1. The highest BCUT2D eigenvalue weighted by Gasteiger charge is 2.28. The van der Waals surface area contributed by atoms with Crippen LogP contribution in [0.4, 0.5) is 17.1 Å². The first-order valence-corrected chi connectivity index (χ1v) is 17.3. The molecule has 0 amide bonds. The van der Waals surface area contributed by atoms with E-state index < -0.39 is 0 Å². The monoisotopic (exact) mass is 652 g/mol. The molecule has 0 spiro atoms. The van der Waals surface area contributed by atoms with Crippen LogP contribution in [0.3, 0.4) is 0 Å². The Kier molecular flexibility index (Phi) is 6.68. The predicted molar refractivity (Wildman–Crippen MR) is 214 cm³/mol. The van der Waals surface area contributed by atoms with Gasteiger partial charge in [-0.25, -0.2) is 4.98 Å². The second kappa shape index (κ2) is 11.7. The van der Waals surface area contributed by atoms with Crippen LogP contribution in [0.15, 0.2) is 175 Å². The van der Waals surface area contributed by atoms with Gasteiger partial charge in [0, 0.05) is 34.1 Å². The number of hydrogen-bond acceptors (Lipinski definition) is 3. The molecular weight excluding hydrogens is 621 g/mol. The fourth-order valence-corrected chi connectivity index (χ4v) is 7.95. The molecule has 1 aromatic heterocycles. The van der Waals surface area contributed by atoms with Crippen molar-refractivity contribution >= 4 is 56.4 Å². The smallest absolute Gasteiger partial charge is 0.145 e. The maximum atomic E-state index is 5.09. The van der Waals surface area contributed by atoms with Gasteiger partial charge in [0.2, 0.25) is 0 Å². The molecule has 0 saturated heterocycles. The first-order valence-electron chi connectivity index (χ1n) is 17.3. The van der Waals surface area contributed by atoms with Crippen molar-refractivity contribution in [1.82, 2.24) is 9.55 Å². The summed E-state index contributed by atoms with van der Waals surface area (Å²) in [6, 6.07) is 60.5. The number of aliphatic imine (C=N–C) groups is 1. The normalized spacial score (nSPS) is 12.3. The van der Waals surface area contributed by atoms with Gasteiger partial charge in [0.15, 0.2) is 0 Å². The number of hydrogen-bond donors (Lipinski definition) is 0. The van der Waals surface area contributed by atoms with Crippen molar-refractivity contribution in [2.75, 3.05) is 4.90 Å². The van der Waals surface area contributed by atoms with E-state index in [1.165, 1.54) is 32.8 Å². The molecule has 0 radical (unpaired) electrons. The number of aromatic nitrogens is 2. The molecule has 240 valence electrons. The van der Waals surface area contributed by atoms with Crippen LogP contribution in [0.5, 0.6) is 0 Å². The van der Waals surface area contributed by atoms with Crippen molar-refractivity contribution in [2.45, 2.75) is 6.54 Å². The summed E-state index contributed by atoms with van der Waals surface area (Å²) in [4.78, 5) is 12.3. The maximum absolute atomic E-state index is 5.09. The number of para-hydroxylation sites is 3. The highest BCUT2D eigenvalue weighted by atomic mass is 15.2. The van der Waals surface area contributed by atoms with Crippen LogP contribution in [-0.4, -0.2) is 16.3 Å². The van der Waals surface area contributed by atoms with Crippen LogP contribution in [0.25, 0.3) is 71.9 Å². The number of fused-ring (bicyclic) bond motifs is 7. The second-order valence-electron chi connectivity index (χ2n) is 13.1. The molecule has 8 aromatic carbocycles. The summed E-state index contributed by atoms with van der Waals surface area (Å²) in [5.74, 6) is 0.926. The summed E-state index contributed by atoms with van der Waals surface area (Å²) in [6.45, 7) is 4.83. The Morgan fingerprint density at radius 1 is 0.529 bits per heavy atom. The Morgan fingerprint density at radius 3 is 1.96 bits per heavy atom. The molecule has 0 aliphatic carbocycles. The molecule has 0 atom stereocenters. The van der Waals surface area contributed by atoms with Gasteiger partial charge in [-0.1, -0.05) is 140 Å². The van der Waals surface area contributed by atoms with E-state index in [0.717, 1.165) is 68.2 Å². The standard InChI is InChI=1S/C47H32N4/c1-48-45-40-19-9-7-17-37(40)38-18-8-10-20-41(38)46(45)50-30-34-13-5-6-16-36(34)39-28-27-33(29-44(39)50)31-23-25-32(26-24-31)47-49-42-21-11-12-22-43(42)51(47)35-14-3-2-4-15-35/h2-29H,1,30H2. The largest absolute Gasteiger partial charge is 0.334 e. The summed E-state index contributed by atoms with van der Waals surface area (Å²) >= 11 is 0. The lowest BCUT2D eigenvalue weighted by Crippen LogP contribution is -2.22. The Balaban J connectivity index is 1.13. The zero-order chi connectivity index (χ0) is 33.9. The van der Waals surface area contributed by atoms with E-state index in [2.05, 4.69) is 174 Å². The molecule has 10 rings (SSSR count). The van der Waals surface area contributed by atoms with Gasteiger partial charge in [0.25, 0.3) is 0 Å². The molecule has 0 N–H and O–H groups in total. The first-order chi connectivity index (χ1) is 25.3. The van der Waals surface area contributed by atoms with Crippen LogP contribution >= 0.6 is 0 Å². The molecule has 1 aliphatic heterocycles. The summed E-state index contributed by atoms with van der Waals surface area (Å²) in [7, 11) is 0. The molecule has 4 heteroatoms. The Morgan fingerprint density at radius 2 is 1.16 bits per heavy atom. The fourth-order valence-electron chi connectivity index (χ4n) is 7.95. The Hall–Kier alpha value is -6.78. The zero-order valence-corrected chi connectivity index (χ0v) is 27.9. The topological polar surface area (TPSA) is 33.4 Å². The van der Waals surface area contributed by atoms with Crippen LogP contribution in [0, 0.1) is 0 Å². The number of anilines is 2. The van der Waals surface area contributed by atoms with Crippen molar-refractivity contribution in [3.63, 3.8) is 0 Å². The zero-order valence-electron chi connectivity index (χ0n) is 27.9. The fraction of sp³-hybridized carbons (Fsp3) is 0.0213. The molecule has 0 bridgehead atoms. The number of rotatable bonds is 5. The molecule has 51 heavy (non-hydrogen) atoms. The van der Waals surface area contributed by atoms with Gasteiger partial charge in [-0.15, -0.1) is 0 Å². The van der Waals surface area contributed by atoms with Crippen molar-refractivity contribution in [2.24, 2.45) is 4.99 Å². The van der Waals surface area contributed by atoms with Crippen molar-refractivity contribution in [1.29, 1.82) is 0 Å². The lowest BCUT2D eigenvalue weighted by atomic mass is 9.89. The molecule has 1 aliphatic rings. The molecule has 0 unspecified atom stereocenters. The Bertz CT molecular complexity index is 2790. The average molecular weight is 653 g/mol. The minimum absolute atomic E-state index is 0.728. The van der Waals surface area contributed by atoms with E-state index in [4.69, 9.17) is 9.98 Å². The van der Waals surface area contributed by atoms with Gasteiger partial charge in [0.05, 0.1) is 28.1 Å². The summed E-state index contributed by atoms with van der Waals surface area (Å²) in [5.41, 5.74) is 13.4. The molecule has 4 nitrogen and oxygen atoms in total. The SMILES string of the molecule is C=Nc1c(N2Cc3ccccc3-c3ccc(-c4ccc(-c5nc6ccccc6n5-c5ccccc5)cc4)cc32)c2ccccc2c2ccccc12. The third-order valence-electron chi connectivity index (χ3n) is 10.3. The maximum Gasteiger partial charge on any atom is 0.145 e. The van der Waals surface area contributed by atoms with Gasteiger partial charge in [0.1, 0.15) is 5.82 Å². The van der Waals surface area contributed by atoms with E-state index in [1.807, 2.05) is 12.1 Å². The van der Waals surface area contributed by atoms with E-state index in [-0.39, 0.29) is 0 Å². The summed E-state index contributed by atoms with van der Waals surface area (Å²) < 4.78 is 2.25. The average Bonchev–Trinajstić information content (AvgIpc) is 3.60. The quantitative estimate of drug-likeness (QED) is 0.137. The molecule has 2 heterocycles. The van der Waals surface area contributed by atoms with Gasteiger partial charge in [-0.3, -0.25) is 9.56 Å².